The fourth-order valence-electron chi connectivity index (χ4n) is 2.21. The van der Waals surface area contributed by atoms with Crippen molar-refractivity contribution in [1.82, 2.24) is 19.6 Å². The molecule has 1 aliphatic rings. The Balaban J connectivity index is 0.000000924. The van der Waals surface area contributed by atoms with Gasteiger partial charge in [-0.3, -0.25) is 9.59 Å². The van der Waals surface area contributed by atoms with Crippen molar-refractivity contribution < 1.29 is 19.8 Å². The predicted molar refractivity (Wildman–Crippen MR) is 80.7 cm³/mol. The molecule has 1 amide bonds. The van der Waals surface area contributed by atoms with E-state index in [-0.39, 0.29) is 21.5 Å². The number of carbonyl (C=O) groups excluding carboxylic acids is 1. The number of morpholine rings is 1. The van der Waals surface area contributed by atoms with Gasteiger partial charge in [0.2, 0.25) is 0 Å². The molecule has 0 unspecified atom stereocenters. The van der Waals surface area contributed by atoms with Gasteiger partial charge in [-0.25, -0.2) is 9.97 Å². The van der Waals surface area contributed by atoms with E-state index < -0.39 is 17.2 Å². The highest BCUT2D eigenvalue weighted by molar-refractivity contribution is 6.05. The number of carbonyl (C=O) groups is 1. The monoisotopic (exact) mass is 322 g/mol. The predicted octanol–water partition coefficient (Wildman–Crippen LogP) is 0.233. The Hall–Kier alpha value is -2.68. The van der Waals surface area contributed by atoms with Gasteiger partial charge in [0, 0.05) is 19.2 Å². The molecule has 9 nitrogen and oxygen atoms in total. The topological polar surface area (TPSA) is 118 Å². The highest BCUT2D eigenvalue weighted by Gasteiger charge is 2.24. The van der Waals surface area contributed by atoms with E-state index in [2.05, 4.69) is 9.97 Å². The average molecular weight is 322 g/mol. The third-order valence-corrected chi connectivity index (χ3v) is 3.25. The van der Waals surface area contributed by atoms with Crippen LogP contribution < -0.4 is 5.56 Å². The fraction of sp³-hybridized carbons (Fsp3) is 0.429. The normalized spacial score (nSPS) is 14.3. The molecule has 0 radical (unpaired) electrons. The molecular formula is C14H18N4O5. The van der Waals surface area contributed by atoms with Gasteiger partial charge in [0.05, 0.1) is 18.6 Å². The van der Waals surface area contributed by atoms with Crippen LogP contribution in [0.15, 0.2) is 17.2 Å². The van der Waals surface area contributed by atoms with Crippen LogP contribution in [-0.4, -0.2) is 62.1 Å². The molecule has 1 fully saturated rings. The lowest BCUT2D eigenvalue weighted by atomic mass is 10.2. The quantitative estimate of drug-likeness (QED) is 0.722. The Labute approximate surface area is 131 Å². The molecule has 124 valence electrons. The summed E-state index contributed by atoms with van der Waals surface area (Å²) >= 11 is 0. The summed E-state index contributed by atoms with van der Waals surface area (Å²) in [5.41, 5.74) is -1.13. The van der Waals surface area contributed by atoms with Crippen LogP contribution in [0.3, 0.4) is 0 Å². The molecule has 0 saturated carbocycles. The molecule has 3 heterocycles. The zero-order valence-electron chi connectivity index (χ0n) is 12.9. The molecule has 1 aliphatic heterocycles. The van der Waals surface area contributed by atoms with Gasteiger partial charge >= 0.3 is 0 Å². The largest absolute Gasteiger partial charge is 0.507 e. The molecule has 0 spiro atoms. The number of aromatic nitrogens is 3. The number of nitrogens with zero attached hydrogens (tertiary/aromatic N) is 4. The molecule has 9 heteroatoms. The van der Waals surface area contributed by atoms with Crippen molar-refractivity contribution >= 4 is 16.9 Å². The molecule has 2 N–H and O–H groups in total. The number of hydrogen-bond acceptors (Lipinski definition) is 7. The number of aromatic hydroxyl groups is 1. The average Bonchev–Trinajstić information content (AvgIpc) is 2.61. The van der Waals surface area contributed by atoms with Gasteiger partial charge in [-0.15, -0.1) is 4.73 Å². The summed E-state index contributed by atoms with van der Waals surface area (Å²) < 4.78 is 5.44. The first-order valence-electron chi connectivity index (χ1n) is 7.25. The molecule has 2 aromatic heterocycles. The van der Waals surface area contributed by atoms with Gasteiger partial charge in [-0.05, 0) is 0 Å². The van der Waals surface area contributed by atoms with E-state index in [1.807, 2.05) is 13.8 Å². The lowest BCUT2D eigenvalue weighted by molar-refractivity contribution is 0.0300. The van der Waals surface area contributed by atoms with Gasteiger partial charge in [0.15, 0.2) is 5.65 Å². The minimum atomic E-state index is -0.844. The third kappa shape index (κ3) is 3.09. The van der Waals surface area contributed by atoms with E-state index in [0.717, 1.165) is 12.4 Å². The first-order chi connectivity index (χ1) is 11.1. The Bertz CT molecular complexity index is 768. The maximum atomic E-state index is 12.5. The second-order valence-electron chi connectivity index (χ2n) is 4.51. The van der Waals surface area contributed by atoms with E-state index in [9.17, 15) is 19.9 Å². The van der Waals surface area contributed by atoms with E-state index in [1.165, 1.54) is 4.90 Å². The van der Waals surface area contributed by atoms with Crippen molar-refractivity contribution in [3.05, 3.63) is 28.4 Å². The number of ether oxygens (including phenoxy) is 1. The molecule has 2 aromatic rings. The van der Waals surface area contributed by atoms with Crippen LogP contribution >= 0.6 is 0 Å². The number of pyridine rings is 1. The van der Waals surface area contributed by atoms with E-state index in [0.29, 0.717) is 26.3 Å². The highest BCUT2D eigenvalue weighted by Crippen LogP contribution is 2.24. The van der Waals surface area contributed by atoms with Gasteiger partial charge in [-0.2, -0.15) is 0 Å². The maximum Gasteiger partial charge on any atom is 0.288 e. The molecule has 1 saturated heterocycles. The van der Waals surface area contributed by atoms with Crippen molar-refractivity contribution in [2.24, 2.45) is 0 Å². The second-order valence-corrected chi connectivity index (χ2v) is 4.51. The van der Waals surface area contributed by atoms with Crippen LogP contribution in [0.1, 0.15) is 24.3 Å². The summed E-state index contributed by atoms with van der Waals surface area (Å²) in [6.07, 6.45) is 1.06. The van der Waals surface area contributed by atoms with Crippen LogP contribution in [0.25, 0.3) is 11.0 Å². The summed E-state index contributed by atoms with van der Waals surface area (Å²) in [7, 11) is 0. The Morgan fingerprint density at radius 3 is 2.57 bits per heavy atom. The number of hydrogen-bond donors (Lipinski definition) is 2. The zero-order valence-corrected chi connectivity index (χ0v) is 12.9. The van der Waals surface area contributed by atoms with Crippen molar-refractivity contribution in [2.45, 2.75) is 13.8 Å². The zero-order chi connectivity index (χ0) is 17.0. The molecular weight excluding hydrogens is 304 g/mol. The van der Waals surface area contributed by atoms with Crippen LogP contribution in [0, 0.1) is 0 Å². The van der Waals surface area contributed by atoms with Crippen molar-refractivity contribution in [2.75, 3.05) is 26.3 Å². The lowest BCUT2D eigenvalue weighted by Gasteiger charge is -2.26. The Morgan fingerprint density at radius 1 is 1.26 bits per heavy atom. The number of amides is 1. The molecule has 0 aromatic carbocycles. The molecule has 0 atom stereocenters. The maximum absolute atomic E-state index is 12.5. The number of rotatable bonds is 1. The van der Waals surface area contributed by atoms with E-state index >= 15 is 0 Å². The van der Waals surface area contributed by atoms with Gasteiger partial charge in [0.1, 0.15) is 17.8 Å². The van der Waals surface area contributed by atoms with Crippen LogP contribution in [0.4, 0.5) is 0 Å². The van der Waals surface area contributed by atoms with Crippen LogP contribution in [0.2, 0.25) is 0 Å². The SMILES string of the molecule is CC.O=C(c1ncnc2c1c(O)cc(=O)n2O)N1CCOCC1. The second kappa shape index (κ2) is 7.05. The summed E-state index contributed by atoms with van der Waals surface area (Å²) in [4.78, 5) is 33.0. The molecule has 0 aliphatic carbocycles. The molecule has 3 rings (SSSR count). The van der Waals surface area contributed by atoms with Crippen molar-refractivity contribution in [1.29, 1.82) is 0 Å². The standard InChI is InChI=1S/C12H12N4O5.C2H6/c17-7-5-8(18)16(20)11-9(7)10(13-6-14-11)12(19)15-1-3-21-4-2-15;1-2/h5-6,17,20H,1-4H2;1-2H3. The van der Waals surface area contributed by atoms with E-state index in [4.69, 9.17) is 4.74 Å². The van der Waals surface area contributed by atoms with Crippen LogP contribution in [-0.2, 0) is 4.74 Å². The lowest BCUT2D eigenvalue weighted by Crippen LogP contribution is -2.41. The van der Waals surface area contributed by atoms with Crippen LogP contribution in [0.5, 0.6) is 5.75 Å². The van der Waals surface area contributed by atoms with Gasteiger partial charge < -0.3 is 20.0 Å². The highest BCUT2D eigenvalue weighted by atomic mass is 16.5. The van der Waals surface area contributed by atoms with Crippen molar-refractivity contribution in [3.63, 3.8) is 0 Å². The minimum Gasteiger partial charge on any atom is -0.507 e. The number of fused-ring (bicyclic) bond motifs is 1. The van der Waals surface area contributed by atoms with E-state index in [1.54, 1.807) is 0 Å². The fourth-order valence-corrected chi connectivity index (χ4v) is 2.21. The first kappa shape index (κ1) is 16.7. The third-order valence-electron chi connectivity index (χ3n) is 3.25. The summed E-state index contributed by atoms with van der Waals surface area (Å²) in [6.45, 7) is 5.66. The smallest absolute Gasteiger partial charge is 0.288 e. The molecule has 0 bridgehead atoms. The van der Waals surface area contributed by atoms with Gasteiger partial charge in [-0.1, -0.05) is 13.8 Å². The summed E-state index contributed by atoms with van der Waals surface area (Å²) in [6, 6.07) is 0.807. The van der Waals surface area contributed by atoms with Gasteiger partial charge in [0.25, 0.3) is 11.5 Å². The molecule has 23 heavy (non-hydrogen) atoms. The summed E-state index contributed by atoms with van der Waals surface area (Å²) in [5, 5.41) is 19.5. The van der Waals surface area contributed by atoms with Crippen molar-refractivity contribution in [3.8, 4) is 5.75 Å². The first-order valence-corrected chi connectivity index (χ1v) is 7.25. The minimum absolute atomic E-state index is 0.0592. The summed E-state index contributed by atoms with van der Waals surface area (Å²) in [5.74, 6) is -0.864. The Kier molecular flexibility index (Phi) is 5.12. The Morgan fingerprint density at radius 2 is 1.91 bits per heavy atom.